The zero-order chi connectivity index (χ0) is 13.6. The van der Waals surface area contributed by atoms with Gasteiger partial charge >= 0.3 is 0 Å². The van der Waals surface area contributed by atoms with Crippen LogP contribution in [0.3, 0.4) is 0 Å². The Balaban J connectivity index is 2.85. The molecule has 0 saturated carbocycles. The lowest BCUT2D eigenvalue weighted by Crippen LogP contribution is -2.38. The molecule has 98 valence electrons. The average Bonchev–Trinajstić information content (AvgIpc) is 2.36. The predicted molar refractivity (Wildman–Crippen MR) is 76.2 cm³/mol. The van der Waals surface area contributed by atoms with Gasteiger partial charge in [0.1, 0.15) is 0 Å². The molecule has 1 aliphatic rings. The van der Waals surface area contributed by atoms with Crippen molar-refractivity contribution < 1.29 is 5.21 Å². The quantitative estimate of drug-likeness (QED) is 0.563. The van der Waals surface area contributed by atoms with Gasteiger partial charge in [-0.1, -0.05) is 5.16 Å². The van der Waals surface area contributed by atoms with E-state index in [0.29, 0.717) is 6.04 Å². The van der Waals surface area contributed by atoms with Gasteiger partial charge in [0, 0.05) is 30.8 Å². The first kappa shape index (κ1) is 12.9. The molecule has 1 aliphatic heterocycles. The third-order valence-corrected chi connectivity index (χ3v) is 4.57. The van der Waals surface area contributed by atoms with Crippen molar-refractivity contribution in [1.82, 2.24) is 0 Å². The van der Waals surface area contributed by atoms with Crippen molar-refractivity contribution in [2.45, 2.75) is 47.1 Å². The van der Waals surface area contributed by atoms with Crippen LogP contribution >= 0.6 is 0 Å². The van der Waals surface area contributed by atoms with E-state index in [1.165, 1.54) is 27.9 Å². The van der Waals surface area contributed by atoms with Crippen molar-refractivity contribution in [3.8, 4) is 0 Å². The lowest BCUT2D eigenvalue weighted by atomic mass is 9.84. The van der Waals surface area contributed by atoms with E-state index >= 15 is 0 Å². The third kappa shape index (κ3) is 1.61. The summed E-state index contributed by atoms with van der Waals surface area (Å²) in [5.74, 6) is 0. The van der Waals surface area contributed by atoms with E-state index in [2.05, 4.69) is 51.7 Å². The number of nitrogens with zero attached hydrogens (tertiary/aromatic N) is 2. The van der Waals surface area contributed by atoms with Crippen molar-refractivity contribution in [1.29, 1.82) is 0 Å². The van der Waals surface area contributed by atoms with Crippen LogP contribution in [-0.4, -0.2) is 24.0 Å². The smallest absolute Gasteiger partial charge is 0.0911 e. The van der Waals surface area contributed by atoms with Gasteiger partial charge in [-0.3, -0.25) is 0 Å². The van der Waals surface area contributed by atoms with Crippen LogP contribution in [0.1, 0.15) is 41.2 Å². The van der Waals surface area contributed by atoms with Crippen LogP contribution in [-0.2, 0) is 0 Å². The van der Waals surface area contributed by atoms with Gasteiger partial charge in [-0.2, -0.15) is 0 Å². The first-order valence-corrected chi connectivity index (χ1v) is 6.44. The molecule has 18 heavy (non-hydrogen) atoms. The summed E-state index contributed by atoms with van der Waals surface area (Å²) in [6.45, 7) is 10.8. The molecule has 0 aromatic heterocycles. The minimum Gasteiger partial charge on any atom is -0.411 e. The molecule has 0 fully saturated rings. The van der Waals surface area contributed by atoms with Crippen molar-refractivity contribution in [2.75, 3.05) is 11.9 Å². The molecule has 1 N–H and O–H groups in total. The third-order valence-electron chi connectivity index (χ3n) is 4.57. The van der Waals surface area contributed by atoms with Crippen LogP contribution < -0.4 is 4.90 Å². The molecule has 1 aromatic rings. The van der Waals surface area contributed by atoms with Crippen molar-refractivity contribution in [2.24, 2.45) is 5.16 Å². The van der Waals surface area contributed by atoms with Gasteiger partial charge < -0.3 is 10.1 Å². The maximum Gasteiger partial charge on any atom is 0.0911 e. The predicted octanol–water partition coefficient (Wildman–Crippen LogP) is 3.33. The summed E-state index contributed by atoms with van der Waals surface area (Å²) < 4.78 is 0. The molecule has 1 aromatic carbocycles. The summed E-state index contributed by atoms with van der Waals surface area (Å²) in [4.78, 5) is 2.30. The summed E-state index contributed by atoms with van der Waals surface area (Å²) in [6, 6.07) is 0.364. The zero-order valence-electron chi connectivity index (χ0n) is 12.1. The van der Waals surface area contributed by atoms with E-state index in [1.807, 2.05) is 0 Å². The Hall–Kier alpha value is -1.51. The number of rotatable bonds is 0. The fourth-order valence-electron chi connectivity index (χ4n) is 2.92. The summed E-state index contributed by atoms with van der Waals surface area (Å²) in [7, 11) is 2.12. The van der Waals surface area contributed by atoms with E-state index in [4.69, 9.17) is 0 Å². The average molecular weight is 246 g/mol. The molecule has 1 atom stereocenters. The van der Waals surface area contributed by atoms with E-state index in [0.717, 1.165) is 17.7 Å². The number of benzene rings is 1. The summed E-state index contributed by atoms with van der Waals surface area (Å²) in [5.41, 5.74) is 8.34. The Bertz CT molecular complexity index is 532. The van der Waals surface area contributed by atoms with Crippen LogP contribution in [0.25, 0.3) is 0 Å². The molecule has 2 rings (SSSR count). The number of anilines is 1. The second kappa shape index (κ2) is 4.30. The van der Waals surface area contributed by atoms with Crippen molar-refractivity contribution in [3.05, 3.63) is 27.8 Å². The molecule has 0 spiro atoms. The Morgan fingerprint density at radius 1 is 1.06 bits per heavy atom. The molecule has 0 aliphatic carbocycles. The normalized spacial score (nSPS) is 21.3. The van der Waals surface area contributed by atoms with E-state index in [1.54, 1.807) is 0 Å². The Morgan fingerprint density at radius 2 is 1.61 bits per heavy atom. The van der Waals surface area contributed by atoms with Crippen LogP contribution in [0.2, 0.25) is 0 Å². The van der Waals surface area contributed by atoms with Gasteiger partial charge in [-0.15, -0.1) is 0 Å². The SMILES string of the molecule is Cc1c(C)c(C)c2c(c1C)/C(=N/O)CC(C)N2C. The summed E-state index contributed by atoms with van der Waals surface area (Å²) in [6.07, 6.45) is 0.794. The van der Waals surface area contributed by atoms with Gasteiger partial charge in [0.15, 0.2) is 0 Å². The Kier molecular flexibility index (Phi) is 3.09. The highest BCUT2D eigenvalue weighted by molar-refractivity contribution is 6.09. The molecule has 0 bridgehead atoms. The molecule has 0 radical (unpaired) electrons. The second-order valence-corrected chi connectivity index (χ2v) is 5.43. The van der Waals surface area contributed by atoms with Gasteiger partial charge in [-0.25, -0.2) is 0 Å². The summed E-state index contributed by atoms with van der Waals surface area (Å²) >= 11 is 0. The zero-order valence-corrected chi connectivity index (χ0v) is 12.1. The Labute approximate surface area is 109 Å². The van der Waals surface area contributed by atoms with Gasteiger partial charge in [0.2, 0.25) is 0 Å². The monoisotopic (exact) mass is 246 g/mol. The number of fused-ring (bicyclic) bond motifs is 1. The fraction of sp³-hybridized carbons (Fsp3) is 0.533. The Morgan fingerprint density at radius 3 is 2.17 bits per heavy atom. The van der Waals surface area contributed by atoms with E-state index in [-0.39, 0.29) is 0 Å². The molecule has 3 heteroatoms. The van der Waals surface area contributed by atoms with Crippen molar-refractivity contribution in [3.63, 3.8) is 0 Å². The van der Waals surface area contributed by atoms with Crippen LogP contribution in [0, 0.1) is 27.7 Å². The fourth-order valence-corrected chi connectivity index (χ4v) is 2.92. The standard InChI is InChI=1S/C15H22N2O/c1-8-7-13(16-18)14-11(4)9(2)10(3)12(5)15(14)17(8)6/h8,18H,7H2,1-6H3/b16-13+. The maximum atomic E-state index is 9.29. The van der Waals surface area contributed by atoms with Crippen LogP contribution in [0.15, 0.2) is 5.16 Å². The van der Waals surface area contributed by atoms with E-state index in [9.17, 15) is 5.21 Å². The molecule has 3 nitrogen and oxygen atoms in total. The highest BCUT2D eigenvalue weighted by atomic mass is 16.4. The molecular weight excluding hydrogens is 224 g/mol. The van der Waals surface area contributed by atoms with Crippen LogP contribution in [0.5, 0.6) is 0 Å². The molecular formula is C15H22N2O. The minimum absolute atomic E-state index is 0.364. The first-order valence-electron chi connectivity index (χ1n) is 6.44. The molecule has 0 saturated heterocycles. The second-order valence-electron chi connectivity index (χ2n) is 5.43. The minimum atomic E-state index is 0.364. The summed E-state index contributed by atoms with van der Waals surface area (Å²) in [5, 5.41) is 12.8. The topological polar surface area (TPSA) is 35.8 Å². The van der Waals surface area contributed by atoms with E-state index < -0.39 is 0 Å². The lowest BCUT2D eigenvalue weighted by molar-refractivity contribution is 0.317. The molecule has 1 unspecified atom stereocenters. The van der Waals surface area contributed by atoms with Gasteiger partial charge in [0.05, 0.1) is 5.71 Å². The highest BCUT2D eigenvalue weighted by Gasteiger charge is 2.29. The molecule has 0 amide bonds. The number of hydrogen-bond acceptors (Lipinski definition) is 3. The first-order chi connectivity index (χ1) is 8.40. The number of oxime groups is 1. The number of hydrogen-bond donors (Lipinski definition) is 1. The highest BCUT2D eigenvalue weighted by Crippen LogP contribution is 2.38. The van der Waals surface area contributed by atoms with Crippen molar-refractivity contribution >= 4 is 11.4 Å². The largest absolute Gasteiger partial charge is 0.411 e. The maximum absolute atomic E-state index is 9.29. The lowest BCUT2D eigenvalue weighted by Gasteiger charge is -2.37. The van der Waals surface area contributed by atoms with Gasteiger partial charge in [0.25, 0.3) is 0 Å². The van der Waals surface area contributed by atoms with Gasteiger partial charge in [-0.05, 0) is 56.9 Å². The van der Waals surface area contributed by atoms with Crippen LogP contribution in [0.4, 0.5) is 5.69 Å². The molecule has 1 heterocycles.